The predicted octanol–water partition coefficient (Wildman–Crippen LogP) is 11.9. The smallest absolute Gasteiger partial charge is 0.164 e. The molecule has 2 aromatic heterocycles. The van der Waals surface area contributed by atoms with Crippen LogP contribution in [-0.4, -0.2) is 19.5 Å². The summed E-state index contributed by atoms with van der Waals surface area (Å²) in [4.78, 5) is 14.9. The average molecular weight is 651 g/mol. The fourth-order valence-electron chi connectivity index (χ4n) is 7.34. The van der Waals surface area contributed by atoms with E-state index in [4.69, 9.17) is 15.0 Å². The first-order valence-electron chi connectivity index (χ1n) is 17.2. The van der Waals surface area contributed by atoms with Crippen molar-refractivity contribution in [2.45, 2.75) is 0 Å². The molecule has 0 spiro atoms. The molecule has 0 aliphatic heterocycles. The maximum Gasteiger partial charge on any atom is 0.164 e. The highest BCUT2D eigenvalue weighted by molar-refractivity contribution is 6.22. The maximum absolute atomic E-state index is 4.98. The minimum atomic E-state index is 0.645. The van der Waals surface area contributed by atoms with Gasteiger partial charge < -0.3 is 4.57 Å². The molecule has 4 heteroatoms. The summed E-state index contributed by atoms with van der Waals surface area (Å²) in [7, 11) is 0. The normalized spacial score (nSPS) is 11.5. The van der Waals surface area contributed by atoms with E-state index in [9.17, 15) is 0 Å². The summed E-state index contributed by atoms with van der Waals surface area (Å²) in [6.07, 6.45) is 0. The Morgan fingerprint density at radius 1 is 0.314 bits per heavy atom. The highest BCUT2D eigenvalue weighted by atomic mass is 15.0. The van der Waals surface area contributed by atoms with Crippen LogP contribution >= 0.6 is 0 Å². The number of hydrogen-bond acceptors (Lipinski definition) is 3. The van der Waals surface area contributed by atoms with Gasteiger partial charge in [0.15, 0.2) is 17.5 Å². The van der Waals surface area contributed by atoms with Crippen LogP contribution in [0.15, 0.2) is 182 Å². The van der Waals surface area contributed by atoms with Crippen LogP contribution in [0.1, 0.15) is 0 Å². The van der Waals surface area contributed by atoms with Gasteiger partial charge in [0.25, 0.3) is 0 Å². The van der Waals surface area contributed by atoms with Crippen molar-refractivity contribution in [3.63, 3.8) is 0 Å². The summed E-state index contributed by atoms with van der Waals surface area (Å²) >= 11 is 0. The first-order chi connectivity index (χ1) is 25.3. The Hall–Kier alpha value is -6.91. The quantitative estimate of drug-likeness (QED) is 0.186. The van der Waals surface area contributed by atoms with Crippen molar-refractivity contribution in [2.75, 3.05) is 0 Å². The molecule has 0 amide bonds. The van der Waals surface area contributed by atoms with Crippen molar-refractivity contribution in [2.24, 2.45) is 0 Å². The van der Waals surface area contributed by atoms with Gasteiger partial charge in [-0.05, 0) is 69.1 Å². The van der Waals surface area contributed by atoms with Gasteiger partial charge in [0.05, 0.1) is 11.0 Å². The van der Waals surface area contributed by atoms with E-state index >= 15 is 0 Å². The van der Waals surface area contributed by atoms with Gasteiger partial charge >= 0.3 is 0 Å². The van der Waals surface area contributed by atoms with Crippen molar-refractivity contribution in [3.8, 4) is 51.0 Å². The summed E-state index contributed by atoms with van der Waals surface area (Å²) in [5.74, 6) is 1.95. The number of benzene rings is 8. The number of aromatic nitrogens is 4. The molecule has 0 saturated carbocycles. The lowest BCUT2D eigenvalue weighted by molar-refractivity contribution is 1.07. The second kappa shape index (κ2) is 11.9. The molecule has 0 aliphatic rings. The zero-order chi connectivity index (χ0) is 33.7. The van der Waals surface area contributed by atoms with Crippen molar-refractivity contribution < 1.29 is 0 Å². The molecular formula is C47H30N4. The van der Waals surface area contributed by atoms with Crippen LogP contribution in [0.25, 0.3) is 94.3 Å². The molecule has 2 heterocycles. The van der Waals surface area contributed by atoms with Gasteiger partial charge in [-0.25, -0.2) is 15.0 Å². The third kappa shape index (κ3) is 5.04. The van der Waals surface area contributed by atoms with Crippen LogP contribution in [-0.2, 0) is 0 Å². The molecule has 10 rings (SSSR count). The molecule has 0 radical (unpaired) electrons. The van der Waals surface area contributed by atoms with Gasteiger partial charge in [-0.3, -0.25) is 0 Å². The van der Waals surface area contributed by atoms with E-state index in [-0.39, 0.29) is 0 Å². The first-order valence-corrected chi connectivity index (χ1v) is 17.2. The Bertz CT molecular complexity index is 2850. The van der Waals surface area contributed by atoms with Gasteiger partial charge in [-0.2, -0.15) is 0 Å². The van der Waals surface area contributed by atoms with E-state index in [1.807, 2.05) is 60.7 Å². The zero-order valence-electron chi connectivity index (χ0n) is 27.6. The summed E-state index contributed by atoms with van der Waals surface area (Å²) in [5.41, 5.74) is 8.64. The lowest BCUT2D eigenvalue weighted by Gasteiger charge is -2.11. The van der Waals surface area contributed by atoms with E-state index in [0.717, 1.165) is 33.5 Å². The third-order valence-corrected chi connectivity index (χ3v) is 9.80. The van der Waals surface area contributed by atoms with E-state index in [2.05, 4.69) is 126 Å². The van der Waals surface area contributed by atoms with Crippen LogP contribution in [0.4, 0.5) is 0 Å². The SMILES string of the molecule is c1ccc(-c2nc(-c3ccccc3)nc(-c3cccc(-c4ccc5ccc6c(c5c4)c4ccccc4n6-c4ccc5ccccc5c4)c3)n2)cc1. The number of rotatable bonds is 5. The lowest BCUT2D eigenvalue weighted by atomic mass is 9.97. The average Bonchev–Trinajstić information content (AvgIpc) is 3.56. The summed E-state index contributed by atoms with van der Waals surface area (Å²) in [6, 6.07) is 64.1. The van der Waals surface area contributed by atoms with Crippen molar-refractivity contribution in [1.29, 1.82) is 0 Å². The molecule has 0 unspecified atom stereocenters. The number of nitrogens with zero attached hydrogens (tertiary/aromatic N) is 4. The monoisotopic (exact) mass is 650 g/mol. The van der Waals surface area contributed by atoms with Gasteiger partial charge in [0.1, 0.15) is 0 Å². The minimum absolute atomic E-state index is 0.645. The summed E-state index contributed by atoms with van der Waals surface area (Å²) < 4.78 is 2.40. The van der Waals surface area contributed by atoms with Crippen molar-refractivity contribution in [3.05, 3.63) is 182 Å². The fraction of sp³-hybridized carbons (Fsp3) is 0. The number of fused-ring (bicyclic) bond motifs is 6. The van der Waals surface area contributed by atoms with Crippen LogP contribution < -0.4 is 0 Å². The van der Waals surface area contributed by atoms with Gasteiger partial charge in [-0.15, -0.1) is 0 Å². The van der Waals surface area contributed by atoms with Gasteiger partial charge in [0, 0.05) is 33.2 Å². The summed E-state index contributed by atoms with van der Waals surface area (Å²) in [5, 5.41) is 7.40. The van der Waals surface area contributed by atoms with E-state index in [1.165, 1.54) is 43.4 Å². The molecule has 4 nitrogen and oxygen atoms in total. The highest BCUT2D eigenvalue weighted by Gasteiger charge is 2.17. The topological polar surface area (TPSA) is 43.6 Å². The van der Waals surface area contributed by atoms with Crippen LogP contribution in [0.5, 0.6) is 0 Å². The Morgan fingerprint density at radius 2 is 0.882 bits per heavy atom. The van der Waals surface area contributed by atoms with Crippen LogP contribution in [0, 0.1) is 0 Å². The molecule has 10 aromatic rings. The molecule has 0 atom stereocenters. The molecule has 0 fully saturated rings. The Balaban J connectivity index is 1.13. The van der Waals surface area contributed by atoms with Crippen LogP contribution in [0.3, 0.4) is 0 Å². The molecule has 238 valence electrons. The van der Waals surface area contributed by atoms with E-state index < -0.39 is 0 Å². The molecular weight excluding hydrogens is 621 g/mol. The van der Waals surface area contributed by atoms with Crippen molar-refractivity contribution >= 4 is 43.4 Å². The van der Waals surface area contributed by atoms with Gasteiger partial charge in [-0.1, -0.05) is 146 Å². The predicted molar refractivity (Wildman–Crippen MR) is 211 cm³/mol. The van der Waals surface area contributed by atoms with Crippen molar-refractivity contribution in [1.82, 2.24) is 19.5 Å². The lowest BCUT2D eigenvalue weighted by Crippen LogP contribution is -2.00. The number of hydrogen-bond donors (Lipinski definition) is 0. The standard InChI is InChI=1S/C47H30N4/c1-3-13-33(14-4-1)45-48-46(34-15-5-2-6-16-34)50-47(49-45)38-19-11-18-35(28-38)37-23-22-32-25-27-43-44(41(32)30-37)40-20-9-10-21-42(40)51(43)39-26-24-31-12-7-8-17-36(31)29-39/h1-30H. The maximum atomic E-state index is 4.98. The molecule has 0 N–H and O–H groups in total. The number of para-hydroxylation sites is 1. The fourth-order valence-corrected chi connectivity index (χ4v) is 7.34. The third-order valence-electron chi connectivity index (χ3n) is 9.80. The second-order valence-corrected chi connectivity index (χ2v) is 12.9. The molecule has 8 aromatic carbocycles. The van der Waals surface area contributed by atoms with E-state index in [0.29, 0.717) is 17.5 Å². The van der Waals surface area contributed by atoms with Crippen LogP contribution in [0.2, 0.25) is 0 Å². The Labute approximate surface area is 295 Å². The Morgan fingerprint density at radius 3 is 1.65 bits per heavy atom. The summed E-state index contributed by atoms with van der Waals surface area (Å²) in [6.45, 7) is 0. The van der Waals surface area contributed by atoms with E-state index in [1.54, 1.807) is 0 Å². The molecule has 0 bridgehead atoms. The first kappa shape index (κ1) is 29.0. The largest absolute Gasteiger partial charge is 0.309 e. The Kier molecular flexibility index (Phi) is 6.78. The van der Waals surface area contributed by atoms with Gasteiger partial charge in [0.2, 0.25) is 0 Å². The molecule has 0 saturated heterocycles. The molecule has 0 aliphatic carbocycles. The zero-order valence-corrected chi connectivity index (χ0v) is 27.6. The molecule has 51 heavy (non-hydrogen) atoms. The minimum Gasteiger partial charge on any atom is -0.309 e. The second-order valence-electron chi connectivity index (χ2n) is 12.9. The highest BCUT2D eigenvalue weighted by Crippen LogP contribution is 2.39.